The van der Waals surface area contributed by atoms with Crippen LogP contribution in [0.15, 0.2) is 57.5 Å². The summed E-state index contributed by atoms with van der Waals surface area (Å²) in [7, 11) is 1.55. The largest absolute Gasteiger partial charge is 0.493 e. The van der Waals surface area contributed by atoms with Gasteiger partial charge in [-0.05, 0) is 50.6 Å². The normalized spacial score (nSPS) is 16.3. The SMILES string of the molecule is CCOC(=O)C1=C(C)N=c2s/c(=C/c3ccc4c(c3)OCO4)c(=O)n2[C@H]1c1cccc(OC)c1OCC. The lowest BCUT2D eigenvalue weighted by atomic mass is 9.94. The van der Waals surface area contributed by atoms with Gasteiger partial charge >= 0.3 is 5.97 Å². The molecule has 0 fully saturated rings. The Kier molecular flexibility index (Phi) is 6.75. The second-order valence-electron chi connectivity index (χ2n) is 8.23. The van der Waals surface area contributed by atoms with Crippen LogP contribution in [0, 0.1) is 0 Å². The Morgan fingerprint density at radius 3 is 2.76 bits per heavy atom. The number of allylic oxidation sites excluding steroid dienone is 1. The van der Waals surface area contributed by atoms with E-state index in [2.05, 4.69) is 4.99 Å². The lowest BCUT2D eigenvalue weighted by Crippen LogP contribution is -2.40. The zero-order valence-electron chi connectivity index (χ0n) is 20.9. The lowest BCUT2D eigenvalue weighted by molar-refractivity contribution is -0.139. The number of esters is 1. The molecule has 0 bridgehead atoms. The molecule has 2 aliphatic heterocycles. The molecule has 0 saturated heterocycles. The monoisotopic (exact) mass is 522 g/mol. The number of aromatic nitrogens is 1. The van der Waals surface area contributed by atoms with E-state index in [1.54, 1.807) is 39.2 Å². The van der Waals surface area contributed by atoms with Crippen molar-refractivity contribution in [1.82, 2.24) is 4.57 Å². The lowest BCUT2D eigenvalue weighted by Gasteiger charge is -2.26. The fourth-order valence-electron chi connectivity index (χ4n) is 4.45. The van der Waals surface area contributed by atoms with Crippen molar-refractivity contribution in [2.24, 2.45) is 4.99 Å². The maximum Gasteiger partial charge on any atom is 0.338 e. The fraction of sp³-hybridized carbons (Fsp3) is 0.296. The van der Waals surface area contributed by atoms with Crippen molar-refractivity contribution in [3.8, 4) is 23.0 Å². The summed E-state index contributed by atoms with van der Waals surface area (Å²) >= 11 is 1.25. The second-order valence-corrected chi connectivity index (χ2v) is 9.24. The highest BCUT2D eigenvalue weighted by Crippen LogP contribution is 2.40. The van der Waals surface area contributed by atoms with Gasteiger partial charge in [0.15, 0.2) is 27.8 Å². The number of carbonyl (C=O) groups excluding carboxylic acids is 1. The Morgan fingerprint density at radius 1 is 1.19 bits per heavy atom. The first-order valence-electron chi connectivity index (χ1n) is 11.9. The topological polar surface area (TPSA) is 97.6 Å². The zero-order chi connectivity index (χ0) is 26.1. The van der Waals surface area contributed by atoms with E-state index in [9.17, 15) is 9.59 Å². The minimum atomic E-state index is -0.814. The zero-order valence-corrected chi connectivity index (χ0v) is 21.7. The Labute approximate surface area is 216 Å². The predicted molar refractivity (Wildman–Crippen MR) is 137 cm³/mol. The average Bonchev–Trinajstić information content (AvgIpc) is 3.47. The number of hydrogen-bond acceptors (Lipinski definition) is 9. The summed E-state index contributed by atoms with van der Waals surface area (Å²) in [6, 6.07) is 10.1. The highest BCUT2D eigenvalue weighted by Gasteiger charge is 2.36. The van der Waals surface area contributed by atoms with Crippen LogP contribution in [0.5, 0.6) is 23.0 Å². The predicted octanol–water partition coefficient (Wildman–Crippen LogP) is 2.93. The number of hydrogen-bond donors (Lipinski definition) is 0. The fourth-order valence-corrected chi connectivity index (χ4v) is 5.49. The molecule has 0 aliphatic carbocycles. The first kappa shape index (κ1) is 24.6. The van der Waals surface area contributed by atoms with E-state index in [-0.39, 0.29) is 24.5 Å². The molecule has 5 rings (SSSR count). The Bertz CT molecular complexity index is 1580. The molecule has 0 saturated carbocycles. The van der Waals surface area contributed by atoms with Crippen molar-refractivity contribution in [1.29, 1.82) is 0 Å². The van der Waals surface area contributed by atoms with Crippen LogP contribution in [-0.2, 0) is 9.53 Å². The molecular weight excluding hydrogens is 496 g/mol. The molecule has 9 nitrogen and oxygen atoms in total. The van der Waals surface area contributed by atoms with Gasteiger partial charge in [-0.15, -0.1) is 0 Å². The highest BCUT2D eigenvalue weighted by molar-refractivity contribution is 7.07. The average molecular weight is 523 g/mol. The van der Waals surface area contributed by atoms with Crippen molar-refractivity contribution < 1.29 is 28.5 Å². The summed E-state index contributed by atoms with van der Waals surface area (Å²) in [5.41, 5.74) is 1.85. The van der Waals surface area contributed by atoms with Gasteiger partial charge < -0.3 is 23.7 Å². The number of ether oxygens (including phenoxy) is 5. The van der Waals surface area contributed by atoms with Crippen molar-refractivity contribution in [2.45, 2.75) is 26.8 Å². The molecule has 37 heavy (non-hydrogen) atoms. The van der Waals surface area contributed by atoms with Gasteiger partial charge in [-0.1, -0.05) is 29.5 Å². The summed E-state index contributed by atoms with van der Waals surface area (Å²) in [5, 5.41) is 0. The molecule has 3 heterocycles. The number of benzene rings is 2. The minimum Gasteiger partial charge on any atom is -0.493 e. The number of fused-ring (bicyclic) bond motifs is 2. The molecule has 0 unspecified atom stereocenters. The van der Waals surface area contributed by atoms with Crippen LogP contribution in [-0.4, -0.2) is 37.7 Å². The van der Waals surface area contributed by atoms with Gasteiger partial charge in [0.05, 0.1) is 36.1 Å². The van der Waals surface area contributed by atoms with E-state index < -0.39 is 12.0 Å². The van der Waals surface area contributed by atoms with Gasteiger partial charge in [0.25, 0.3) is 5.56 Å². The molecule has 2 aliphatic rings. The summed E-state index contributed by atoms with van der Waals surface area (Å²) in [5.74, 6) is 1.70. The summed E-state index contributed by atoms with van der Waals surface area (Å²) in [4.78, 5) is 32.2. The van der Waals surface area contributed by atoms with Gasteiger partial charge in [-0.3, -0.25) is 9.36 Å². The van der Waals surface area contributed by atoms with Crippen molar-refractivity contribution in [3.05, 3.63) is 78.5 Å². The number of nitrogens with zero attached hydrogens (tertiary/aromatic N) is 2. The van der Waals surface area contributed by atoms with Crippen molar-refractivity contribution >= 4 is 23.4 Å². The summed E-state index contributed by atoms with van der Waals surface area (Å²) in [6.07, 6.45) is 1.78. The van der Waals surface area contributed by atoms with Gasteiger partial charge in [0.2, 0.25) is 6.79 Å². The van der Waals surface area contributed by atoms with Crippen molar-refractivity contribution in [3.63, 3.8) is 0 Å². The molecule has 0 spiro atoms. The number of carbonyl (C=O) groups is 1. The molecule has 192 valence electrons. The van der Waals surface area contributed by atoms with E-state index in [0.717, 1.165) is 5.56 Å². The third kappa shape index (κ3) is 4.37. The number of rotatable bonds is 7. The molecule has 2 aromatic carbocycles. The maximum absolute atomic E-state index is 13.9. The molecule has 1 aromatic heterocycles. The van der Waals surface area contributed by atoms with Crippen LogP contribution >= 0.6 is 11.3 Å². The quantitative estimate of drug-likeness (QED) is 0.440. The van der Waals surface area contributed by atoms with Crippen LogP contribution in [0.2, 0.25) is 0 Å². The third-order valence-corrected chi connectivity index (χ3v) is 7.01. The third-order valence-electron chi connectivity index (χ3n) is 6.02. The van der Waals surface area contributed by atoms with E-state index in [1.165, 1.54) is 15.9 Å². The Hall–Kier alpha value is -4.05. The molecule has 0 N–H and O–H groups in total. The molecule has 10 heteroatoms. The second kappa shape index (κ2) is 10.1. The molecule has 1 atom stereocenters. The van der Waals surface area contributed by atoms with E-state index in [1.807, 2.05) is 31.2 Å². The number of methoxy groups -OCH3 is 1. The minimum absolute atomic E-state index is 0.166. The van der Waals surface area contributed by atoms with Crippen LogP contribution in [0.3, 0.4) is 0 Å². The van der Waals surface area contributed by atoms with Crippen LogP contribution in [0.4, 0.5) is 0 Å². The highest BCUT2D eigenvalue weighted by atomic mass is 32.1. The van der Waals surface area contributed by atoms with Gasteiger partial charge in [0.1, 0.15) is 6.04 Å². The van der Waals surface area contributed by atoms with E-state index in [4.69, 9.17) is 23.7 Å². The number of para-hydroxylation sites is 1. The van der Waals surface area contributed by atoms with E-state index >= 15 is 0 Å². The molecule has 3 aromatic rings. The Balaban J connectivity index is 1.74. The summed E-state index contributed by atoms with van der Waals surface area (Å²) < 4.78 is 29.7. The van der Waals surface area contributed by atoms with E-state index in [0.29, 0.717) is 50.2 Å². The smallest absolute Gasteiger partial charge is 0.338 e. The molecular formula is C27H26N2O7S. The first-order chi connectivity index (χ1) is 18.0. The van der Waals surface area contributed by atoms with Gasteiger partial charge in [-0.2, -0.15) is 0 Å². The maximum atomic E-state index is 13.9. The molecule has 0 amide bonds. The standard InChI is InChI=1S/C27H26N2O7S/c1-5-33-24-17(8-7-9-19(24)32-4)23-22(26(31)34-6-2)15(3)28-27-29(23)25(30)21(37-27)13-16-10-11-18-20(12-16)36-14-35-18/h7-13,23H,5-6,14H2,1-4H3/b21-13+/t23-/m0/s1. The molecule has 0 radical (unpaired) electrons. The van der Waals surface area contributed by atoms with Gasteiger partial charge in [0, 0.05) is 5.56 Å². The first-order valence-corrected chi connectivity index (χ1v) is 12.7. The van der Waals surface area contributed by atoms with Crippen molar-refractivity contribution in [2.75, 3.05) is 27.1 Å². The van der Waals surface area contributed by atoms with Crippen LogP contribution in [0.25, 0.3) is 6.08 Å². The van der Waals surface area contributed by atoms with Gasteiger partial charge in [-0.25, -0.2) is 9.79 Å². The number of thiazole rings is 1. The Morgan fingerprint density at radius 2 is 2.00 bits per heavy atom. The summed E-state index contributed by atoms with van der Waals surface area (Å²) in [6.45, 7) is 6.07. The van der Waals surface area contributed by atoms with Crippen LogP contribution < -0.4 is 33.8 Å². The van der Waals surface area contributed by atoms with Crippen LogP contribution in [0.1, 0.15) is 37.9 Å².